The monoisotopic (exact) mass is 357 g/mol. The summed E-state index contributed by atoms with van der Waals surface area (Å²) in [5, 5.41) is 5.98. The number of piperidine rings is 1. The number of likely N-dealkylation sites (N-methyl/N-ethyl adjacent to an activating group) is 1. The van der Waals surface area contributed by atoms with Gasteiger partial charge in [0.05, 0.1) is 0 Å². The van der Waals surface area contributed by atoms with Crippen LogP contribution in [0, 0.1) is 5.92 Å². The summed E-state index contributed by atoms with van der Waals surface area (Å²) in [5.74, 6) is 0.305. The van der Waals surface area contributed by atoms with Crippen molar-refractivity contribution < 1.29 is 14.4 Å². The molecule has 6 nitrogen and oxygen atoms in total. The number of nitrogens with one attached hydrogen (secondary N) is 2. The molecule has 1 unspecified atom stereocenters. The molecule has 1 aromatic carbocycles. The highest BCUT2D eigenvalue weighted by molar-refractivity contribution is 5.94. The van der Waals surface area contributed by atoms with E-state index in [1.165, 1.54) is 0 Å². The molecule has 3 amide bonds. The molecule has 1 heterocycles. The molecule has 2 aliphatic rings. The topological polar surface area (TPSA) is 78.5 Å². The van der Waals surface area contributed by atoms with Crippen LogP contribution in [-0.4, -0.2) is 42.3 Å². The Morgan fingerprint density at radius 1 is 1.12 bits per heavy atom. The Morgan fingerprint density at radius 3 is 2.46 bits per heavy atom. The van der Waals surface area contributed by atoms with Crippen LogP contribution in [0.25, 0.3) is 0 Å². The molecule has 0 radical (unpaired) electrons. The number of likely N-dealkylation sites (tertiary alicyclic amines) is 1. The van der Waals surface area contributed by atoms with Gasteiger partial charge in [0, 0.05) is 44.1 Å². The normalized spacial score (nSPS) is 20.9. The Balaban J connectivity index is 1.48. The Hall–Kier alpha value is -2.37. The zero-order valence-corrected chi connectivity index (χ0v) is 15.3. The first-order valence-electron chi connectivity index (χ1n) is 9.44. The van der Waals surface area contributed by atoms with Gasteiger partial charge >= 0.3 is 0 Å². The fraction of sp³-hybridized carbons (Fsp3) is 0.550. The van der Waals surface area contributed by atoms with Crippen molar-refractivity contribution >= 4 is 17.7 Å². The minimum atomic E-state index is -0.126. The van der Waals surface area contributed by atoms with Crippen LogP contribution in [0.1, 0.15) is 54.4 Å². The number of nitrogens with zero attached hydrogens (tertiary/aromatic N) is 1. The predicted octanol–water partition coefficient (Wildman–Crippen LogP) is 1.84. The van der Waals surface area contributed by atoms with E-state index in [1.807, 2.05) is 12.1 Å². The van der Waals surface area contributed by atoms with Gasteiger partial charge in [-0.2, -0.15) is 0 Å². The summed E-state index contributed by atoms with van der Waals surface area (Å²) in [4.78, 5) is 37.6. The van der Waals surface area contributed by atoms with Gasteiger partial charge in [-0.25, -0.2) is 0 Å². The first-order chi connectivity index (χ1) is 12.5. The number of carbonyl (C=O) groups excluding carboxylic acids is 3. The SMILES string of the molecule is CN1CC(NC(=O)c2ccc(CNC(=O)C3CCCC3)cc2)CCC1=O. The van der Waals surface area contributed by atoms with Gasteiger partial charge in [-0.3, -0.25) is 14.4 Å². The molecule has 0 aromatic heterocycles. The summed E-state index contributed by atoms with van der Waals surface area (Å²) in [7, 11) is 1.76. The van der Waals surface area contributed by atoms with E-state index >= 15 is 0 Å². The molecule has 1 saturated heterocycles. The number of hydrogen-bond donors (Lipinski definition) is 2. The maximum Gasteiger partial charge on any atom is 0.251 e. The highest BCUT2D eigenvalue weighted by atomic mass is 16.2. The predicted molar refractivity (Wildman–Crippen MR) is 98.4 cm³/mol. The van der Waals surface area contributed by atoms with Crippen molar-refractivity contribution in [2.75, 3.05) is 13.6 Å². The average molecular weight is 357 g/mol. The van der Waals surface area contributed by atoms with Gasteiger partial charge in [-0.05, 0) is 37.0 Å². The van der Waals surface area contributed by atoms with Crippen molar-refractivity contribution in [2.45, 2.75) is 51.1 Å². The van der Waals surface area contributed by atoms with Crippen LogP contribution >= 0.6 is 0 Å². The Labute approximate surface area is 154 Å². The van der Waals surface area contributed by atoms with E-state index in [4.69, 9.17) is 0 Å². The summed E-state index contributed by atoms with van der Waals surface area (Å²) in [6.07, 6.45) is 5.43. The molecular formula is C20H27N3O3. The van der Waals surface area contributed by atoms with Gasteiger partial charge in [0.1, 0.15) is 0 Å². The average Bonchev–Trinajstić information content (AvgIpc) is 3.18. The summed E-state index contributed by atoms with van der Waals surface area (Å²) in [6.45, 7) is 1.04. The lowest BCUT2D eigenvalue weighted by molar-refractivity contribution is -0.132. The van der Waals surface area contributed by atoms with E-state index in [0.717, 1.165) is 31.2 Å². The van der Waals surface area contributed by atoms with Crippen molar-refractivity contribution in [3.63, 3.8) is 0 Å². The lowest BCUT2D eigenvalue weighted by Gasteiger charge is -2.30. The summed E-state index contributed by atoms with van der Waals surface area (Å²) < 4.78 is 0. The zero-order valence-electron chi connectivity index (χ0n) is 15.3. The first kappa shape index (κ1) is 18.4. The van der Waals surface area contributed by atoms with Gasteiger partial charge in [0.15, 0.2) is 0 Å². The largest absolute Gasteiger partial charge is 0.352 e. The first-order valence-corrected chi connectivity index (χ1v) is 9.44. The molecule has 1 aromatic rings. The van der Waals surface area contributed by atoms with Gasteiger partial charge in [0.25, 0.3) is 5.91 Å². The van der Waals surface area contributed by atoms with Crippen molar-refractivity contribution in [1.82, 2.24) is 15.5 Å². The molecule has 1 atom stereocenters. The molecule has 26 heavy (non-hydrogen) atoms. The summed E-state index contributed by atoms with van der Waals surface area (Å²) in [5.41, 5.74) is 1.58. The van der Waals surface area contributed by atoms with E-state index in [2.05, 4.69) is 10.6 Å². The summed E-state index contributed by atoms with van der Waals surface area (Å²) in [6, 6.07) is 7.31. The minimum Gasteiger partial charge on any atom is -0.352 e. The maximum atomic E-state index is 12.4. The standard InChI is InChI=1S/C20H27N3O3/c1-23-13-17(10-11-18(23)24)22-20(26)16-8-6-14(7-9-16)12-21-19(25)15-4-2-3-5-15/h6-9,15,17H,2-5,10-13H2,1H3,(H,21,25)(H,22,26). The van der Waals surface area contributed by atoms with Crippen molar-refractivity contribution in [3.8, 4) is 0 Å². The molecule has 1 saturated carbocycles. The summed E-state index contributed by atoms with van der Waals surface area (Å²) >= 11 is 0. The van der Waals surface area contributed by atoms with Crippen molar-refractivity contribution in [2.24, 2.45) is 5.92 Å². The van der Waals surface area contributed by atoms with Crippen LogP contribution in [0.2, 0.25) is 0 Å². The molecule has 1 aliphatic carbocycles. The Morgan fingerprint density at radius 2 is 1.81 bits per heavy atom. The van der Waals surface area contributed by atoms with Crippen LogP contribution < -0.4 is 10.6 Å². The third-order valence-corrected chi connectivity index (χ3v) is 5.37. The molecule has 6 heteroatoms. The van der Waals surface area contributed by atoms with Gasteiger partial charge in [0.2, 0.25) is 11.8 Å². The number of carbonyl (C=O) groups is 3. The Kier molecular flexibility index (Phi) is 5.91. The second kappa shape index (κ2) is 8.34. The fourth-order valence-electron chi connectivity index (χ4n) is 3.69. The second-order valence-electron chi connectivity index (χ2n) is 7.38. The second-order valence-corrected chi connectivity index (χ2v) is 7.38. The molecule has 0 bridgehead atoms. The molecule has 1 aliphatic heterocycles. The van der Waals surface area contributed by atoms with Gasteiger partial charge < -0.3 is 15.5 Å². The lowest BCUT2D eigenvalue weighted by Crippen LogP contribution is -2.48. The Bertz CT molecular complexity index is 665. The van der Waals surface area contributed by atoms with E-state index < -0.39 is 0 Å². The molecular weight excluding hydrogens is 330 g/mol. The highest BCUT2D eigenvalue weighted by Crippen LogP contribution is 2.24. The van der Waals surface area contributed by atoms with Gasteiger partial charge in [-0.15, -0.1) is 0 Å². The minimum absolute atomic E-state index is 0.00410. The quantitative estimate of drug-likeness (QED) is 0.844. The van der Waals surface area contributed by atoms with Crippen LogP contribution in [0.5, 0.6) is 0 Å². The highest BCUT2D eigenvalue weighted by Gasteiger charge is 2.24. The van der Waals surface area contributed by atoms with E-state index in [9.17, 15) is 14.4 Å². The van der Waals surface area contributed by atoms with Crippen LogP contribution in [0.4, 0.5) is 0 Å². The van der Waals surface area contributed by atoms with Gasteiger partial charge in [-0.1, -0.05) is 25.0 Å². The van der Waals surface area contributed by atoms with Crippen LogP contribution in [-0.2, 0) is 16.1 Å². The lowest BCUT2D eigenvalue weighted by atomic mass is 10.0. The molecule has 140 valence electrons. The molecule has 3 rings (SSSR count). The van der Waals surface area contributed by atoms with E-state index in [-0.39, 0.29) is 29.7 Å². The van der Waals surface area contributed by atoms with Crippen LogP contribution in [0.15, 0.2) is 24.3 Å². The van der Waals surface area contributed by atoms with E-state index in [1.54, 1.807) is 24.1 Å². The molecule has 2 fully saturated rings. The smallest absolute Gasteiger partial charge is 0.251 e. The van der Waals surface area contributed by atoms with Crippen LogP contribution in [0.3, 0.4) is 0 Å². The fourth-order valence-corrected chi connectivity index (χ4v) is 3.69. The number of hydrogen-bond acceptors (Lipinski definition) is 3. The zero-order chi connectivity index (χ0) is 18.5. The number of amides is 3. The molecule has 2 N–H and O–H groups in total. The number of benzene rings is 1. The number of rotatable bonds is 5. The maximum absolute atomic E-state index is 12.4. The van der Waals surface area contributed by atoms with E-state index in [0.29, 0.717) is 31.5 Å². The third-order valence-electron chi connectivity index (χ3n) is 5.37. The molecule has 0 spiro atoms. The van der Waals surface area contributed by atoms with Crippen molar-refractivity contribution in [3.05, 3.63) is 35.4 Å². The third kappa shape index (κ3) is 4.62. The van der Waals surface area contributed by atoms with Crippen molar-refractivity contribution in [1.29, 1.82) is 0 Å².